The van der Waals surface area contributed by atoms with Crippen LogP contribution >= 0.6 is 0 Å². The monoisotopic (exact) mass is 71.1 g/mol. The lowest BCUT2D eigenvalue weighted by Crippen LogP contribution is -2.77. The molecule has 2 heteroatoms. The summed E-state index contributed by atoms with van der Waals surface area (Å²) >= 11 is 0. The molecule has 0 aliphatic carbocycles. The zero-order chi connectivity index (χ0) is 3.54. The zero-order valence-corrected chi connectivity index (χ0v) is 2.94. The van der Waals surface area contributed by atoms with Gasteiger partial charge >= 0.3 is 0 Å². The van der Waals surface area contributed by atoms with Gasteiger partial charge in [0.25, 0.3) is 0 Å². The van der Waals surface area contributed by atoms with Gasteiger partial charge in [0, 0.05) is 0 Å². The molecule has 5 heavy (non-hydrogen) atoms. The fraction of sp³-hybridized carbons (Fsp3) is 0.333. The second kappa shape index (κ2) is 1.08. The number of nitrogens with one attached hydrogen (secondary N) is 1. The molecule has 28 valence electrons. The molecule has 0 saturated heterocycles. The van der Waals surface area contributed by atoms with Crippen molar-refractivity contribution in [3.05, 3.63) is 12.4 Å². The summed E-state index contributed by atoms with van der Waals surface area (Å²) in [4.78, 5) is 0. The molecule has 0 aromatic carbocycles. The lowest BCUT2D eigenvalue weighted by Gasteiger charge is -1.76. The quantitative estimate of drug-likeness (QED) is 0.360. The summed E-state index contributed by atoms with van der Waals surface area (Å²) in [5.41, 5.74) is 0. The number of quaternary nitrogens is 1. The van der Waals surface area contributed by atoms with Gasteiger partial charge in [0.05, 0.1) is 6.20 Å². The Morgan fingerprint density at radius 2 is 2.80 bits per heavy atom. The van der Waals surface area contributed by atoms with E-state index in [2.05, 4.69) is 10.6 Å². The number of nitrogens with two attached hydrogens (primary N) is 1. The van der Waals surface area contributed by atoms with Gasteiger partial charge in [-0.15, -0.1) is 0 Å². The largest absolute Gasteiger partial charge is 0.340 e. The molecule has 1 heterocycles. The first-order chi connectivity index (χ1) is 2.50. The van der Waals surface area contributed by atoms with E-state index >= 15 is 0 Å². The molecular formula is C3H7N2+. The molecule has 0 unspecified atom stereocenters. The number of hydrogen-bond acceptors (Lipinski definition) is 1. The second-order valence-corrected chi connectivity index (χ2v) is 1.00. The first-order valence-electron chi connectivity index (χ1n) is 1.72. The van der Waals surface area contributed by atoms with Crippen molar-refractivity contribution >= 4 is 0 Å². The smallest absolute Gasteiger partial charge is 0.152 e. The van der Waals surface area contributed by atoms with Crippen LogP contribution in [0.5, 0.6) is 0 Å². The van der Waals surface area contributed by atoms with Crippen LogP contribution in [0, 0.1) is 0 Å². The van der Waals surface area contributed by atoms with Gasteiger partial charge in [0.2, 0.25) is 0 Å². The topological polar surface area (TPSA) is 28.6 Å². The zero-order valence-electron chi connectivity index (χ0n) is 2.94. The fourth-order valence-electron chi connectivity index (χ4n) is 0.340. The maximum atomic E-state index is 2.99. The highest BCUT2D eigenvalue weighted by molar-refractivity contribution is 4.68. The summed E-state index contributed by atoms with van der Waals surface area (Å²) < 4.78 is 0. The summed E-state index contributed by atoms with van der Waals surface area (Å²) in [6.07, 6.45) is 3.93. The lowest BCUT2D eigenvalue weighted by molar-refractivity contribution is -0.581. The van der Waals surface area contributed by atoms with E-state index in [9.17, 15) is 0 Å². The number of hydrogen-bond donors (Lipinski definition) is 2. The molecule has 0 amide bonds. The maximum absolute atomic E-state index is 2.99. The third-order valence-corrected chi connectivity index (χ3v) is 0.586. The van der Waals surface area contributed by atoms with E-state index in [0.29, 0.717) is 0 Å². The van der Waals surface area contributed by atoms with E-state index < -0.39 is 0 Å². The van der Waals surface area contributed by atoms with Crippen molar-refractivity contribution in [1.82, 2.24) is 5.32 Å². The SMILES string of the molecule is C1=C[NH2+]CN1. The third kappa shape index (κ3) is 0.389. The highest BCUT2D eigenvalue weighted by Gasteiger charge is 1.83. The summed E-state index contributed by atoms with van der Waals surface area (Å²) in [6.45, 7) is 1.01. The van der Waals surface area contributed by atoms with Gasteiger partial charge in [-0.25, -0.2) is 0 Å². The van der Waals surface area contributed by atoms with Gasteiger partial charge in [0.15, 0.2) is 6.67 Å². The van der Waals surface area contributed by atoms with Crippen molar-refractivity contribution in [2.24, 2.45) is 0 Å². The van der Waals surface area contributed by atoms with Crippen LogP contribution in [-0.2, 0) is 0 Å². The molecule has 1 rings (SSSR count). The van der Waals surface area contributed by atoms with E-state index in [1.165, 1.54) is 0 Å². The predicted octanol–water partition coefficient (Wildman–Crippen LogP) is -1.42. The Labute approximate surface area is 30.9 Å². The van der Waals surface area contributed by atoms with E-state index in [4.69, 9.17) is 0 Å². The Morgan fingerprint density at radius 3 is 3.00 bits per heavy atom. The molecule has 0 spiro atoms. The molecular weight excluding hydrogens is 64.0 g/mol. The number of rotatable bonds is 0. The molecule has 0 saturated carbocycles. The van der Waals surface area contributed by atoms with Crippen molar-refractivity contribution in [3.8, 4) is 0 Å². The standard InChI is InChI=1S/C3H6N2/c1-2-5-3-4-1/h1-2,4-5H,3H2/p+1. The molecule has 2 nitrogen and oxygen atoms in total. The van der Waals surface area contributed by atoms with Gasteiger partial charge in [-0.05, 0) is 0 Å². The molecule has 0 atom stereocenters. The van der Waals surface area contributed by atoms with E-state index in [-0.39, 0.29) is 0 Å². The maximum Gasteiger partial charge on any atom is 0.152 e. The Hall–Kier alpha value is -0.500. The minimum atomic E-state index is 1.01. The van der Waals surface area contributed by atoms with Gasteiger partial charge in [-0.1, -0.05) is 0 Å². The van der Waals surface area contributed by atoms with Gasteiger partial charge in [-0.3, -0.25) is 0 Å². The molecule has 0 radical (unpaired) electrons. The van der Waals surface area contributed by atoms with Crippen LogP contribution in [0.25, 0.3) is 0 Å². The molecule has 1 aliphatic heterocycles. The summed E-state index contributed by atoms with van der Waals surface area (Å²) in [6, 6.07) is 0. The van der Waals surface area contributed by atoms with Crippen molar-refractivity contribution in [1.29, 1.82) is 0 Å². The minimum Gasteiger partial charge on any atom is -0.340 e. The van der Waals surface area contributed by atoms with Crippen LogP contribution in [0.2, 0.25) is 0 Å². The van der Waals surface area contributed by atoms with Crippen LogP contribution in [0.15, 0.2) is 12.4 Å². The normalized spacial score (nSPS) is 19.2. The predicted molar refractivity (Wildman–Crippen MR) is 19.1 cm³/mol. The van der Waals surface area contributed by atoms with Crippen LogP contribution in [-0.4, -0.2) is 6.67 Å². The Kier molecular flexibility index (Phi) is 0.588. The van der Waals surface area contributed by atoms with Gasteiger partial charge < -0.3 is 10.6 Å². The first kappa shape index (κ1) is 2.72. The highest BCUT2D eigenvalue weighted by Crippen LogP contribution is 1.52. The van der Waals surface area contributed by atoms with E-state index in [1.54, 1.807) is 0 Å². The highest BCUT2D eigenvalue weighted by atomic mass is 15.1. The summed E-state index contributed by atoms with van der Waals surface area (Å²) in [5, 5.41) is 5.06. The molecule has 3 N–H and O–H groups in total. The minimum absolute atomic E-state index is 1.01. The van der Waals surface area contributed by atoms with Gasteiger partial charge in [0.1, 0.15) is 6.20 Å². The molecule has 0 aromatic heterocycles. The van der Waals surface area contributed by atoms with Crippen LogP contribution in [0.1, 0.15) is 0 Å². The van der Waals surface area contributed by atoms with Crippen LogP contribution < -0.4 is 10.6 Å². The first-order valence-corrected chi connectivity index (χ1v) is 1.72. The molecule has 1 aliphatic rings. The fourth-order valence-corrected chi connectivity index (χ4v) is 0.340. The molecule has 0 bridgehead atoms. The average molecular weight is 71.1 g/mol. The van der Waals surface area contributed by atoms with Crippen LogP contribution in [0.3, 0.4) is 0 Å². The van der Waals surface area contributed by atoms with Gasteiger partial charge in [-0.2, -0.15) is 0 Å². The summed E-state index contributed by atoms with van der Waals surface area (Å²) in [5.74, 6) is 0. The van der Waals surface area contributed by atoms with Crippen molar-refractivity contribution in [3.63, 3.8) is 0 Å². The average Bonchev–Trinajstić information content (AvgIpc) is 1.76. The van der Waals surface area contributed by atoms with Crippen molar-refractivity contribution < 1.29 is 5.32 Å². The Balaban J connectivity index is 2.32. The van der Waals surface area contributed by atoms with E-state index in [0.717, 1.165) is 6.67 Å². The van der Waals surface area contributed by atoms with Crippen molar-refractivity contribution in [2.45, 2.75) is 0 Å². The second-order valence-electron chi connectivity index (χ2n) is 1.00. The van der Waals surface area contributed by atoms with Crippen molar-refractivity contribution in [2.75, 3.05) is 6.67 Å². The lowest BCUT2D eigenvalue weighted by atomic mass is 11.0. The van der Waals surface area contributed by atoms with E-state index in [1.807, 2.05) is 12.4 Å². The third-order valence-electron chi connectivity index (χ3n) is 0.586. The summed E-state index contributed by atoms with van der Waals surface area (Å²) in [7, 11) is 0. The molecule has 0 fully saturated rings. The van der Waals surface area contributed by atoms with Crippen LogP contribution in [0.4, 0.5) is 0 Å². The molecule has 0 aromatic rings. The Bertz CT molecular complexity index is 42.9. The Morgan fingerprint density at radius 1 is 1.80 bits per heavy atom.